The minimum Gasteiger partial charge on any atom is -0.466 e. The molecule has 23 heavy (non-hydrogen) atoms. The van der Waals surface area contributed by atoms with E-state index in [9.17, 15) is 9.59 Å². The highest BCUT2D eigenvalue weighted by Crippen LogP contribution is 2.24. The zero-order valence-corrected chi connectivity index (χ0v) is 15.6. The van der Waals surface area contributed by atoms with Gasteiger partial charge < -0.3 is 9.64 Å². The molecule has 130 valence electrons. The average molecular weight is 342 g/mol. The highest BCUT2D eigenvalue weighted by atomic mass is 32.2. The van der Waals surface area contributed by atoms with Crippen molar-refractivity contribution >= 4 is 23.8 Å². The molecule has 1 rings (SSSR count). The van der Waals surface area contributed by atoms with Crippen molar-refractivity contribution in [1.29, 1.82) is 0 Å². The number of carbonyl (C=O) groups is 2. The molecule has 0 aliphatic heterocycles. The van der Waals surface area contributed by atoms with E-state index in [2.05, 4.69) is 10.1 Å². The molecule has 8 heteroatoms. The van der Waals surface area contributed by atoms with Crippen LogP contribution in [0.5, 0.6) is 0 Å². The number of ether oxygens (including phenoxy) is 1. The van der Waals surface area contributed by atoms with Crippen LogP contribution < -0.4 is 0 Å². The van der Waals surface area contributed by atoms with E-state index in [1.807, 2.05) is 20.8 Å². The molecule has 0 saturated carbocycles. The molecule has 1 aromatic heterocycles. The Hall–Kier alpha value is -1.57. The molecule has 0 aliphatic rings. The van der Waals surface area contributed by atoms with Crippen molar-refractivity contribution in [3.8, 4) is 0 Å². The van der Waals surface area contributed by atoms with Crippen molar-refractivity contribution in [1.82, 2.24) is 19.7 Å². The van der Waals surface area contributed by atoms with Crippen LogP contribution in [0.3, 0.4) is 0 Å². The molecular weight excluding hydrogens is 316 g/mol. The van der Waals surface area contributed by atoms with Crippen molar-refractivity contribution in [3.63, 3.8) is 0 Å². The number of thioether (sulfide) groups is 1. The van der Waals surface area contributed by atoms with E-state index >= 15 is 0 Å². The Bertz CT molecular complexity index is 549. The lowest BCUT2D eigenvalue weighted by Gasteiger charge is -2.13. The molecule has 0 spiro atoms. The zero-order valence-electron chi connectivity index (χ0n) is 14.8. The normalized spacial score (nSPS) is 11.4. The first-order valence-electron chi connectivity index (χ1n) is 7.64. The van der Waals surface area contributed by atoms with Gasteiger partial charge in [0.2, 0.25) is 0 Å². The Kier molecular flexibility index (Phi) is 7.05. The Morgan fingerprint density at radius 2 is 1.96 bits per heavy atom. The fourth-order valence-corrected chi connectivity index (χ4v) is 2.50. The second-order valence-corrected chi connectivity index (χ2v) is 7.38. The van der Waals surface area contributed by atoms with Gasteiger partial charge in [-0.1, -0.05) is 32.5 Å². The molecule has 7 nitrogen and oxygen atoms in total. The van der Waals surface area contributed by atoms with Crippen molar-refractivity contribution in [2.45, 2.75) is 51.1 Å². The van der Waals surface area contributed by atoms with Gasteiger partial charge in [-0.15, -0.1) is 5.10 Å². The first-order chi connectivity index (χ1) is 10.7. The number of amides is 1. The largest absolute Gasteiger partial charge is 0.466 e. The zero-order chi connectivity index (χ0) is 17.6. The maximum atomic E-state index is 12.2. The highest BCUT2D eigenvalue weighted by molar-refractivity contribution is 7.99. The van der Waals surface area contributed by atoms with Gasteiger partial charge in [-0.3, -0.25) is 4.79 Å². The molecule has 0 saturated heterocycles. The first-order valence-corrected chi connectivity index (χ1v) is 8.63. The van der Waals surface area contributed by atoms with Crippen LogP contribution in [0.25, 0.3) is 0 Å². The number of rotatable bonds is 6. The third kappa shape index (κ3) is 5.85. The predicted molar refractivity (Wildman–Crippen MR) is 89.8 cm³/mol. The lowest BCUT2D eigenvalue weighted by Crippen LogP contribution is -2.29. The van der Waals surface area contributed by atoms with Gasteiger partial charge >= 0.3 is 12.0 Å². The molecule has 1 heterocycles. The monoisotopic (exact) mass is 342 g/mol. The number of hydrogen-bond donors (Lipinski definition) is 0. The summed E-state index contributed by atoms with van der Waals surface area (Å²) in [6.45, 7) is 8.19. The molecule has 0 aliphatic carbocycles. The quantitative estimate of drug-likeness (QED) is 0.449. The summed E-state index contributed by atoms with van der Waals surface area (Å²) in [5, 5.41) is 4.90. The maximum Gasteiger partial charge on any atom is 0.346 e. The van der Waals surface area contributed by atoms with E-state index in [0.717, 1.165) is 0 Å². The van der Waals surface area contributed by atoms with Crippen LogP contribution in [0, 0.1) is 0 Å². The SMILES string of the molecule is CCOC(=O)CCCSc1nc(C(C)(C)C)nn1C(=O)N(C)C. The Balaban J connectivity index is 2.77. The summed E-state index contributed by atoms with van der Waals surface area (Å²) in [5.41, 5.74) is -0.238. The van der Waals surface area contributed by atoms with Gasteiger partial charge in [0.25, 0.3) is 0 Å². The molecule has 0 N–H and O–H groups in total. The molecule has 0 unspecified atom stereocenters. The second kappa shape index (κ2) is 8.33. The number of nitrogens with zero attached hydrogens (tertiary/aromatic N) is 4. The smallest absolute Gasteiger partial charge is 0.346 e. The summed E-state index contributed by atoms with van der Waals surface area (Å²) in [4.78, 5) is 29.5. The van der Waals surface area contributed by atoms with E-state index in [0.29, 0.717) is 36.2 Å². The molecule has 0 bridgehead atoms. The third-order valence-electron chi connectivity index (χ3n) is 2.87. The standard InChI is InChI=1S/C15H26N4O3S/c1-7-22-11(20)9-8-10-23-13-16-12(15(2,3)4)17-19(13)14(21)18(5)6/h7-10H2,1-6H3. The summed E-state index contributed by atoms with van der Waals surface area (Å²) in [6.07, 6.45) is 1.03. The number of carbonyl (C=O) groups excluding carboxylic acids is 2. The van der Waals surface area contributed by atoms with Crippen molar-refractivity contribution in [2.75, 3.05) is 26.5 Å². The van der Waals surface area contributed by atoms with Gasteiger partial charge in [-0.25, -0.2) is 9.78 Å². The van der Waals surface area contributed by atoms with Crippen LogP contribution in [-0.4, -0.2) is 58.1 Å². The molecule has 0 fully saturated rings. The number of esters is 1. The van der Waals surface area contributed by atoms with Gasteiger partial charge in [-0.05, 0) is 13.3 Å². The van der Waals surface area contributed by atoms with Gasteiger partial charge in [0.15, 0.2) is 11.0 Å². The third-order valence-corrected chi connectivity index (χ3v) is 3.89. The minimum absolute atomic E-state index is 0.200. The number of aromatic nitrogens is 3. The van der Waals surface area contributed by atoms with Gasteiger partial charge in [-0.2, -0.15) is 4.68 Å². The van der Waals surface area contributed by atoms with E-state index in [-0.39, 0.29) is 17.4 Å². The molecule has 1 amide bonds. The van der Waals surface area contributed by atoms with Gasteiger partial charge in [0.05, 0.1) is 6.61 Å². The summed E-state index contributed by atoms with van der Waals surface area (Å²) < 4.78 is 6.22. The van der Waals surface area contributed by atoms with Crippen LogP contribution >= 0.6 is 11.8 Å². The fraction of sp³-hybridized carbons (Fsp3) is 0.733. The lowest BCUT2D eigenvalue weighted by atomic mass is 9.96. The van der Waals surface area contributed by atoms with Crippen LogP contribution in [0.1, 0.15) is 46.4 Å². The number of hydrogen-bond acceptors (Lipinski definition) is 6. The predicted octanol–water partition coefficient (Wildman–Crippen LogP) is 2.54. The first kappa shape index (κ1) is 19.5. The molecule has 0 aromatic carbocycles. The highest BCUT2D eigenvalue weighted by Gasteiger charge is 2.25. The topological polar surface area (TPSA) is 77.3 Å². The second-order valence-electron chi connectivity index (χ2n) is 6.31. The van der Waals surface area contributed by atoms with Gasteiger partial charge in [0.1, 0.15) is 0 Å². The van der Waals surface area contributed by atoms with Gasteiger partial charge in [0, 0.05) is 31.7 Å². The van der Waals surface area contributed by atoms with E-state index < -0.39 is 0 Å². The minimum atomic E-state index is -0.238. The van der Waals surface area contributed by atoms with Crippen molar-refractivity contribution < 1.29 is 14.3 Å². The summed E-state index contributed by atoms with van der Waals surface area (Å²) in [5.74, 6) is 1.09. The van der Waals surface area contributed by atoms with E-state index in [4.69, 9.17) is 4.74 Å². The van der Waals surface area contributed by atoms with Crippen LogP contribution in [0.4, 0.5) is 4.79 Å². The average Bonchev–Trinajstić information content (AvgIpc) is 2.87. The van der Waals surface area contributed by atoms with Crippen LogP contribution in [0.2, 0.25) is 0 Å². The maximum absolute atomic E-state index is 12.2. The Morgan fingerprint density at radius 1 is 1.30 bits per heavy atom. The summed E-state index contributed by atoms with van der Waals surface area (Å²) in [7, 11) is 3.35. The molecule has 0 radical (unpaired) electrons. The van der Waals surface area contributed by atoms with Crippen molar-refractivity contribution in [3.05, 3.63) is 5.82 Å². The van der Waals surface area contributed by atoms with E-state index in [1.165, 1.54) is 21.3 Å². The van der Waals surface area contributed by atoms with Crippen LogP contribution in [-0.2, 0) is 14.9 Å². The summed E-state index contributed by atoms with van der Waals surface area (Å²) in [6, 6.07) is -0.235. The van der Waals surface area contributed by atoms with E-state index in [1.54, 1.807) is 21.0 Å². The molecular formula is C15H26N4O3S. The summed E-state index contributed by atoms with van der Waals surface area (Å²) >= 11 is 1.42. The Labute approximate surface area is 141 Å². The molecule has 1 aromatic rings. The Morgan fingerprint density at radius 3 is 2.48 bits per heavy atom. The lowest BCUT2D eigenvalue weighted by molar-refractivity contribution is -0.143. The van der Waals surface area contributed by atoms with Crippen molar-refractivity contribution in [2.24, 2.45) is 0 Å². The fourth-order valence-electron chi connectivity index (χ4n) is 1.64. The van der Waals surface area contributed by atoms with Crippen LogP contribution in [0.15, 0.2) is 5.16 Å². The molecule has 0 atom stereocenters.